The molecule has 14 rings (SSSR count). The zero-order chi connectivity index (χ0) is 41.9. The fourth-order valence-electron chi connectivity index (χ4n) is 9.84. The molecule has 0 N–H and O–H groups in total. The maximum atomic E-state index is 6.11. The molecule has 5 heterocycles. The van der Waals surface area contributed by atoms with Gasteiger partial charge in [0.2, 0.25) is 0 Å². The van der Waals surface area contributed by atoms with Gasteiger partial charge in [0.25, 0.3) is 0 Å². The molecule has 298 valence electrons. The van der Waals surface area contributed by atoms with E-state index in [0.29, 0.717) is 17.5 Å². The Morgan fingerprint density at radius 2 is 1.02 bits per heavy atom. The average molecular weight is 836 g/mol. The third-order valence-electron chi connectivity index (χ3n) is 12.8. The lowest BCUT2D eigenvalue weighted by Crippen LogP contribution is -2.05. The number of para-hydroxylation sites is 4. The number of rotatable bonds is 5. The van der Waals surface area contributed by atoms with E-state index in [0.717, 1.165) is 77.4 Å². The highest BCUT2D eigenvalue weighted by atomic mass is 32.2. The highest BCUT2D eigenvalue weighted by Gasteiger charge is 2.27. The van der Waals surface area contributed by atoms with Crippen molar-refractivity contribution in [2.75, 3.05) is 0 Å². The van der Waals surface area contributed by atoms with Crippen molar-refractivity contribution in [1.29, 1.82) is 0 Å². The van der Waals surface area contributed by atoms with Crippen molar-refractivity contribution in [2.24, 2.45) is 0 Å². The van der Waals surface area contributed by atoms with E-state index in [4.69, 9.17) is 19.4 Å². The molecule has 0 spiro atoms. The predicted octanol–water partition coefficient (Wildman–Crippen LogP) is 15.1. The zero-order valence-corrected chi connectivity index (χ0v) is 34.9. The second kappa shape index (κ2) is 13.6. The number of fused-ring (bicyclic) bond motifs is 11. The van der Waals surface area contributed by atoms with Crippen LogP contribution in [0.2, 0.25) is 0 Å². The lowest BCUT2D eigenvalue weighted by Gasteiger charge is -2.21. The highest BCUT2D eigenvalue weighted by molar-refractivity contribution is 7.99. The first kappa shape index (κ1) is 35.3. The van der Waals surface area contributed by atoms with E-state index < -0.39 is 0 Å². The van der Waals surface area contributed by atoms with Gasteiger partial charge in [-0.15, -0.1) is 0 Å². The zero-order valence-electron chi connectivity index (χ0n) is 34.1. The lowest BCUT2D eigenvalue weighted by atomic mass is 10.0. The van der Waals surface area contributed by atoms with Gasteiger partial charge in [-0.1, -0.05) is 145 Å². The Labute approximate surface area is 370 Å². The summed E-state index contributed by atoms with van der Waals surface area (Å²) in [4.78, 5) is 18.1. The molecule has 0 radical (unpaired) electrons. The van der Waals surface area contributed by atoms with Gasteiger partial charge in [-0.25, -0.2) is 15.0 Å². The van der Waals surface area contributed by atoms with E-state index >= 15 is 0 Å². The summed E-state index contributed by atoms with van der Waals surface area (Å²) in [5.74, 6) is 1.86. The average Bonchev–Trinajstić information content (AvgIpc) is 4.02. The van der Waals surface area contributed by atoms with Crippen LogP contribution in [0.5, 0.6) is 0 Å². The summed E-state index contributed by atoms with van der Waals surface area (Å²) in [7, 11) is 0. The third-order valence-corrected chi connectivity index (χ3v) is 13.9. The van der Waals surface area contributed by atoms with Gasteiger partial charge in [-0.2, -0.15) is 0 Å². The Morgan fingerprint density at radius 1 is 0.406 bits per heavy atom. The first-order valence-electron chi connectivity index (χ1n) is 21.4. The standard InChI is InChI=1S/C57H33N5OS/c1-2-13-40-35(11-1)12-9-16-42(40)56-59-54(36-25-23-34(24-26-36)38-29-32-49-45(33-38)41-14-4-7-20-48(41)63-49)58-55(60-56)37-27-30-39(31-28-37)61-46-18-5-3-15-43(46)52-44-17-10-22-51-53(44)62(57(52)61)47-19-6-8-21-50(47)64-51/h1-33H. The molecular weight excluding hydrogens is 803 g/mol. The van der Waals surface area contributed by atoms with Gasteiger partial charge in [0.05, 0.1) is 16.7 Å². The molecule has 9 aromatic carbocycles. The Balaban J connectivity index is 0.914. The first-order valence-corrected chi connectivity index (χ1v) is 22.2. The molecule has 0 saturated carbocycles. The van der Waals surface area contributed by atoms with Gasteiger partial charge in [0, 0.05) is 59.1 Å². The summed E-state index contributed by atoms with van der Waals surface area (Å²) in [6.45, 7) is 0. The number of hydrogen-bond donors (Lipinski definition) is 0. The molecule has 1 aliphatic rings. The fraction of sp³-hybridized carbons (Fsp3) is 0. The van der Waals surface area contributed by atoms with Gasteiger partial charge in [0.15, 0.2) is 17.5 Å². The largest absolute Gasteiger partial charge is 0.456 e. The van der Waals surface area contributed by atoms with Crippen LogP contribution in [0.15, 0.2) is 214 Å². The Hall–Kier alpha value is -8.26. The van der Waals surface area contributed by atoms with Crippen molar-refractivity contribution < 1.29 is 4.42 Å². The quantitative estimate of drug-likeness (QED) is 0.173. The fourth-order valence-corrected chi connectivity index (χ4v) is 10.9. The van der Waals surface area contributed by atoms with Crippen molar-refractivity contribution in [2.45, 2.75) is 9.79 Å². The Morgan fingerprint density at radius 3 is 1.88 bits per heavy atom. The van der Waals surface area contributed by atoms with E-state index in [-0.39, 0.29) is 0 Å². The van der Waals surface area contributed by atoms with Crippen LogP contribution in [0.25, 0.3) is 122 Å². The summed E-state index contributed by atoms with van der Waals surface area (Å²) in [6, 6.07) is 70.7. The van der Waals surface area contributed by atoms with Crippen LogP contribution in [0.4, 0.5) is 0 Å². The molecule has 13 aromatic rings. The van der Waals surface area contributed by atoms with Crippen LogP contribution in [-0.2, 0) is 0 Å². The minimum Gasteiger partial charge on any atom is -0.456 e. The normalized spacial score (nSPS) is 12.3. The van der Waals surface area contributed by atoms with Gasteiger partial charge in [0.1, 0.15) is 16.8 Å². The molecule has 0 fully saturated rings. The summed E-state index contributed by atoms with van der Waals surface area (Å²) in [6.07, 6.45) is 0. The van der Waals surface area contributed by atoms with E-state index in [9.17, 15) is 0 Å². The number of aromatic nitrogens is 5. The highest BCUT2D eigenvalue weighted by Crippen LogP contribution is 2.49. The molecule has 6 nitrogen and oxygen atoms in total. The molecule has 0 bridgehead atoms. The van der Waals surface area contributed by atoms with E-state index in [1.54, 1.807) is 0 Å². The monoisotopic (exact) mass is 835 g/mol. The number of benzene rings is 9. The number of furan rings is 1. The van der Waals surface area contributed by atoms with Crippen LogP contribution in [-0.4, -0.2) is 24.1 Å². The molecule has 64 heavy (non-hydrogen) atoms. The summed E-state index contributed by atoms with van der Waals surface area (Å²) in [5.41, 5.74) is 12.6. The van der Waals surface area contributed by atoms with Crippen LogP contribution < -0.4 is 0 Å². The molecule has 0 atom stereocenters. The minimum atomic E-state index is 0.613. The van der Waals surface area contributed by atoms with Crippen LogP contribution in [0.3, 0.4) is 0 Å². The van der Waals surface area contributed by atoms with Gasteiger partial charge >= 0.3 is 0 Å². The van der Waals surface area contributed by atoms with Crippen LogP contribution in [0.1, 0.15) is 0 Å². The SMILES string of the molecule is c1ccc2c(c1)Sc1cccc3c4c5ccccc5n(-c5ccc(-c6nc(-c7ccc(-c8ccc9oc%10ccccc%10c9c8)cc7)nc(-c7cccc8ccccc78)n6)cc5)c4n-2c13. The van der Waals surface area contributed by atoms with Crippen molar-refractivity contribution in [3.63, 3.8) is 0 Å². The second-order valence-electron chi connectivity index (χ2n) is 16.4. The summed E-state index contributed by atoms with van der Waals surface area (Å²) < 4.78 is 11.0. The second-order valence-corrected chi connectivity index (χ2v) is 17.5. The summed E-state index contributed by atoms with van der Waals surface area (Å²) in [5, 5.41) is 8.21. The number of hydrogen-bond acceptors (Lipinski definition) is 5. The van der Waals surface area contributed by atoms with E-state index in [1.165, 1.54) is 37.2 Å². The topological polar surface area (TPSA) is 61.7 Å². The molecule has 1 aliphatic heterocycles. The number of nitrogens with zero attached hydrogens (tertiary/aromatic N) is 5. The maximum absolute atomic E-state index is 6.11. The van der Waals surface area contributed by atoms with Crippen molar-refractivity contribution in [1.82, 2.24) is 24.1 Å². The molecule has 0 amide bonds. The first-order chi connectivity index (χ1) is 31.7. The van der Waals surface area contributed by atoms with Crippen molar-refractivity contribution in [3.05, 3.63) is 200 Å². The Kier molecular flexibility index (Phi) is 7.52. The van der Waals surface area contributed by atoms with Crippen LogP contribution >= 0.6 is 11.8 Å². The summed E-state index contributed by atoms with van der Waals surface area (Å²) >= 11 is 1.85. The molecule has 0 unspecified atom stereocenters. The van der Waals surface area contributed by atoms with Gasteiger partial charge in [-0.05, 0) is 88.6 Å². The molecule has 0 saturated heterocycles. The maximum Gasteiger partial charge on any atom is 0.164 e. The lowest BCUT2D eigenvalue weighted by molar-refractivity contribution is 0.669. The van der Waals surface area contributed by atoms with Gasteiger partial charge < -0.3 is 4.42 Å². The van der Waals surface area contributed by atoms with Crippen LogP contribution in [0, 0.1) is 0 Å². The minimum absolute atomic E-state index is 0.613. The smallest absolute Gasteiger partial charge is 0.164 e. The van der Waals surface area contributed by atoms with Gasteiger partial charge in [-0.3, -0.25) is 9.13 Å². The molecule has 7 heteroatoms. The van der Waals surface area contributed by atoms with E-state index in [2.05, 4.69) is 197 Å². The van der Waals surface area contributed by atoms with E-state index in [1.807, 2.05) is 23.9 Å². The van der Waals surface area contributed by atoms with Crippen molar-refractivity contribution >= 4 is 77.3 Å². The van der Waals surface area contributed by atoms with Crippen molar-refractivity contribution in [3.8, 4) is 56.7 Å². The Bertz CT molecular complexity index is 4040. The molecule has 0 aliphatic carbocycles. The third kappa shape index (κ3) is 5.25. The molecule has 4 aromatic heterocycles. The molecular formula is C57H33N5OS. The predicted molar refractivity (Wildman–Crippen MR) is 262 cm³/mol.